The number of carbonyl (C=O) groups is 1. The number of hydrogen-bond acceptors (Lipinski definition) is 3. The maximum atomic E-state index is 12.8. The van der Waals surface area contributed by atoms with Gasteiger partial charge in [0, 0.05) is 54.6 Å². The molecule has 0 unspecified atom stereocenters. The van der Waals surface area contributed by atoms with Crippen LogP contribution in [0.2, 0.25) is 0 Å². The van der Waals surface area contributed by atoms with Crippen LogP contribution in [-0.4, -0.2) is 37.9 Å². The number of nitrogens with zero attached hydrogens (tertiary/aromatic N) is 4. The van der Waals surface area contributed by atoms with E-state index in [0.717, 1.165) is 47.4 Å². The first-order valence-electron chi connectivity index (χ1n) is 9.81. The van der Waals surface area contributed by atoms with Crippen molar-refractivity contribution < 1.29 is 4.79 Å². The van der Waals surface area contributed by atoms with Crippen LogP contribution in [0.15, 0.2) is 42.7 Å². The number of carbonyl (C=O) groups excluding carboxylic acids is 1. The number of piperidine rings is 1. The standard InChI is InChI=1S/C22H26N4O/c1-16-7-3-4-13-25(16)21(27)10-14-26-20(19-9-6-11-23-17(19)2)15-18-8-5-12-24-22(18)26/h5-6,8-9,11-12,15-16H,3-4,7,10,13-14H2,1-2H3/t16-/m0/s1. The van der Waals surface area contributed by atoms with Gasteiger partial charge in [-0.25, -0.2) is 4.98 Å². The quantitative estimate of drug-likeness (QED) is 0.699. The minimum Gasteiger partial charge on any atom is -0.340 e. The van der Waals surface area contributed by atoms with E-state index in [1.165, 1.54) is 6.42 Å². The first-order valence-corrected chi connectivity index (χ1v) is 9.81. The van der Waals surface area contributed by atoms with Gasteiger partial charge in [-0.1, -0.05) is 0 Å². The van der Waals surface area contributed by atoms with Crippen molar-refractivity contribution in [3.05, 3.63) is 48.4 Å². The highest BCUT2D eigenvalue weighted by Crippen LogP contribution is 2.29. The third kappa shape index (κ3) is 3.46. The van der Waals surface area contributed by atoms with Gasteiger partial charge in [0.15, 0.2) is 0 Å². The molecule has 0 aromatic carbocycles. The predicted molar refractivity (Wildman–Crippen MR) is 107 cm³/mol. The second kappa shape index (κ2) is 7.51. The summed E-state index contributed by atoms with van der Waals surface area (Å²) in [7, 11) is 0. The molecule has 0 bridgehead atoms. The van der Waals surface area contributed by atoms with Crippen molar-refractivity contribution in [2.24, 2.45) is 0 Å². The molecular formula is C22H26N4O. The number of hydrogen-bond donors (Lipinski definition) is 0. The number of aryl methyl sites for hydroxylation is 2. The molecule has 1 aliphatic rings. The first kappa shape index (κ1) is 17.7. The molecular weight excluding hydrogens is 336 g/mol. The van der Waals surface area contributed by atoms with Crippen molar-refractivity contribution in [1.82, 2.24) is 19.4 Å². The van der Waals surface area contributed by atoms with Crippen molar-refractivity contribution in [1.29, 1.82) is 0 Å². The molecule has 140 valence electrons. The fraction of sp³-hybridized carbons (Fsp3) is 0.409. The normalized spacial score (nSPS) is 17.4. The van der Waals surface area contributed by atoms with E-state index in [-0.39, 0.29) is 5.91 Å². The monoisotopic (exact) mass is 362 g/mol. The molecule has 4 heterocycles. The van der Waals surface area contributed by atoms with E-state index in [1.807, 2.05) is 31.5 Å². The molecule has 1 saturated heterocycles. The van der Waals surface area contributed by atoms with Gasteiger partial charge in [-0.05, 0) is 63.4 Å². The Labute approximate surface area is 160 Å². The summed E-state index contributed by atoms with van der Waals surface area (Å²) >= 11 is 0. The molecule has 0 radical (unpaired) electrons. The smallest absolute Gasteiger partial charge is 0.224 e. The largest absolute Gasteiger partial charge is 0.340 e. The third-order valence-corrected chi connectivity index (χ3v) is 5.61. The number of pyridine rings is 2. The molecule has 4 rings (SSSR count). The molecule has 1 atom stereocenters. The lowest BCUT2D eigenvalue weighted by molar-refractivity contribution is -0.134. The topological polar surface area (TPSA) is 51.0 Å². The Morgan fingerprint density at radius 3 is 2.81 bits per heavy atom. The van der Waals surface area contributed by atoms with Crippen molar-refractivity contribution in [2.75, 3.05) is 6.54 Å². The summed E-state index contributed by atoms with van der Waals surface area (Å²) in [5, 5.41) is 1.09. The maximum Gasteiger partial charge on any atom is 0.224 e. The number of rotatable bonds is 4. The van der Waals surface area contributed by atoms with Crippen molar-refractivity contribution >= 4 is 16.9 Å². The minimum absolute atomic E-state index is 0.244. The van der Waals surface area contributed by atoms with Gasteiger partial charge in [0.25, 0.3) is 0 Å². The van der Waals surface area contributed by atoms with Gasteiger partial charge in [0.05, 0.1) is 5.69 Å². The number of amides is 1. The summed E-state index contributed by atoms with van der Waals surface area (Å²) in [5.41, 5.74) is 4.08. The van der Waals surface area contributed by atoms with Crippen LogP contribution < -0.4 is 0 Å². The third-order valence-electron chi connectivity index (χ3n) is 5.61. The van der Waals surface area contributed by atoms with Gasteiger partial charge in [0.2, 0.25) is 5.91 Å². The highest BCUT2D eigenvalue weighted by Gasteiger charge is 2.23. The highest BCUT2D eigenvalue weighted by atomic mass is 16.2. The molecule has 5 nitrogen and oxygen atoms in total. The van der Waals surface area contributed by atoms with Crippen molar-refractivity contribution in [2.45, 2.75) is 52.1 Å². The zero-order valence-electron chi connectivity index (χ0n) is 16.1. The maximum absolute atomic E-state index is 12.8. The molecule has 0 saturated carbocycles. The molecule has 0 aliphatic carbocycles. The molecule has 0 N–H and O–H groups in total. The zero-order valence-corrected chi connectivity index (χ0v) is 16.1. The Hall–Kier alpha value is -2.69. The fourth-order valence-electron chi connectivity index (χ4n) is 4.11. The van der Waals surface area contributed by atoms with Crippen LogP contribution in [0.1, 0.15) is 38.3 Å². The van der Waals surface area contributed by atoms with Gasteiger partial charge in [-0.2, -0.15) is 0 Å². The van der Waals surface area contributed by atoms with Crippen LogP contribution in [0, 0.1) is 6.92 Å². The first-order chi connectivity index (χ1) is 13.1. The van der Waals surface area contributed by atoms with Crippen LogP contribution >= 0.6 is 0 Å². The van der Waals surface area contributed by atoms with E-state index in [2.05, 4.69) is 44.6 Å². The van der Waals surface area contributed by atoms with E-state index >= 15 is 0 Å². The number of likely N-dealkylation sites (tertiary alicyclic amines) is 1. The summed E-state index contributed by atoms with van der Waals surface area (Å²) in [6.07, 6.45) is 7.57. The Bertz CT molecular complexity index is 962. The average Bonchev–Trinajstić information content (AvgIpc) is 3.05. The van der Waals surface area contributed by atoms with Gasteiger partial charge in [-0.3, -0.25) is 9.78 Å². The summed E-state index contributed by atoms with van der Waals surface area (Å²) in [4.78, 5) is 23.9. The van der Waals surface area contributed by atoms with Crippen molar-refractivity contribution in [3.8, 4) is 11.3 Å². The van der Waals surface area contributed by atoms with Gasteiger partial charge in [-0.15, -0.1) is 0 Å². The van der Waals surface area contributed by atoms with Crippen LogP contribution in [-0.2, 0) is 11.3 Å². The Morgan fingerprint density at radius 1 is 1.19 bits per heavy atom. The molecule has 3 aromatic rings. The van der Waals surface area contributed by atoms with Gasteiger partial charge in [0.1, 0.15) is 5.65 Å². The van der Waals surface area contributed by atoms with E-state index in [1.54, 1.807) is 0 Å². The Balaban J connectivity index is 1.65. The van der Waals surface area contributed by atoms with E-state index in [9.17, 15) is 4.79 Å². The minimum atomic E-state index is 0.244. The zero-order chi connectivity index (χ0) is 18.8. The summed E-state index contributed by atoms with van der Waals surface area (Å²) < 4.78 is 2.17. The summed E-state index contributed by atoms with van der Waals surface area (Å²) in [6.45, 7) is 5.70. The predicted octanol–water partition coefficient (Wildman–Crippen LogP) is 4.20. The van der Waals surface area contributed by atoms with Crippen LogP contribution in [0.5, 0.6) is 0 Å². The SMILES string of the molecule is Cc1ncccc1-c1cc2cccnc2n1CCC(=O)N1CCCC[C@@H]1C. The molecule has 1 amide bonds. The molecule has 1 aliphatic heterocycles. The molecule has 27 heavy (non-hydrogen) atoms. The van der Waals surface area contributed by atoms with Gasteiger partial charge < -0.3 is 9.47 Å². The summed E-state index contributed by atoms with van der Waals surface area (Å²) in [6, 6.07) is 10.6. The number of aromatic nitrogens is 3. The van der Waals surface area contributed by atoms with E-state index in [4.69, 9.17) is 0 Å². The lowest BCUT2D eigenvalue weighted by atomic mass is 10.0. The van der Waals surface area contributed by atoms with Crippen LogP contribution in [0.25, 0.3) is 22.3 Å². The molecule has 0 spiro atoms. The van der Waals surface area contributed by atoms with E-state index < -0.39 is 0 Å². The van der Waals surface area contributed by atoms with E-state index in [0.29, 0.717) is 19.0 Å². The molecule has 5 heteroatoms. The Kier molecular flexibility index (Phi) is 4.92. The fourth-order valence-corrected chi connectivity index (χ4v) is 4.11. The van der Waals surface area contributed by atoms with Crippen LogP contribution in [0.4, 0.5) is 0 Å². The van der Waals surface area contributed by atoms with Crippen LogP contribution in [0.3, 0.4) is 0 Å². The second-order valence-electron chi connectivity index (χ2n) is 7.42. The lowest BCUT2D eigenvalue weighted by Crippen LogP contribution is -2.42. The Morgan fingerprint density at radius 2 is 2.00 bits per heavy atom. The lowest BCUT2D eigenvalue weighted by Gasteiger charge is -2.33. The number of fused-ring (bicyclic) bond motifs is 1. The summed E-state index contributed by atoms with van der Waals surface area (Å²) in [5.74, 6) is 0.244. The second-order valence-corrected chi connectivity index (χ2v) is 7.42. The van der Waals surface area contributed by atoms with Gasteiger partial charge >= 0.3 is 0 Å². The molecule has 3 aromatic heterocycles. The van der Waals surface area contributed by atoms with Crippen molar-refractivity contribution in [3.63, 3.8) is 0 Å². The average molecular weight is 362 g/mol. The highest BCUT2D eigenvalue weighted by molar-refractivity contribution is 5.85. The molecule has 1 fully saturated rings.